The summed E-state index contributed by atoms with van der Waals surface area (Å²) in [4.78, 5) is 27.4. The van der Waals surface area contributed by atoms with Crippen molar-refractivity contribution in [2.24, 2.45) is 0 Å². The quantitative estimate of drug-likeness (QED) is 0.784. The van der Waals surface area contributed by atoms with E-state index in [9.17, 15) is 22.8 Å². The van der Waals surface area contributed by atoms with Crippen LogP contribution in [0.4, 0.5) is 13.2 Å². The first-order valence-electron chi connectivity index (χ1n) is 9.16. The number of morpholine rings is 1. The van der Waals surface area contributed by atoms with Gasteiger partial charge in [-0.05, 0) is 18.1 Å². The lowest BCUT2D eigenvalue weighted by atomic mass is 10.0. The summed E-state index contributed by atoms with van der Waals surface area (Å²) in [6.07, 6.45) is -2.74. The normalized spacial score (nSPS) is 21.0. The van der Waals surface area contributed by atoms with Gasteiger partial charge < -0.3 is 14.5 Å². The molecule has 1 aromatic carbocycles. The fraction of sp³-hybridized carbons (Fsp3) is 0.579. The number of carbonyl (C=O) groups is 2. The van der Waals surface area contributed by atoms with Crippen LogP contribution < -0.4 is 0 Å². The van der Waals surface area contributed by atoms with E-state index >= 15 is 0 Å². The maximum Gasteiger partial charge on any atom is 0.416 e. The Bertz CT molecular complexity index is 693. The highest BCUT2D eigenvalue weighted by atomic mass is 19.4. The first-order valence-corrected chi connectivity index (χ1v) is 9.16. The highest BCUT2D eigenvalue weighted by Gasteiger charge is 2.31. The number of benzene rings is 1. The Morgan fingerprint density at radius 1 is 1.26 bits per heavy atom. The number of hydrogen-bond acceptors (Lipinski definition) is 3. The van der Waals surface area contributed by atoms with Crippen LogP contribution in [0.25, 0.3) is 0 Å². The Kier molecular flexibility index (Phi) is 6.04. The number of likely N-dealkylation sites (tertiary alicyclic amines) is 1. The van der Waals surface area contributed by atoms with Gasteiger partial charge in [0.15, 0.2) is 0 Å². The van der Waals surface area contributed by atoms with E-state index in [1.54, 1.807) is 15.9 Å². The fourth-order valence-corrected chi connectivity index (χ4v) is 3.54. The maximum atomic E-state index is 12.8. The van der Waals surface area contributed by atoms with Gasteiger partial charge in [0.25, 0.3) is 0 Å². The molecule has 3 rings (SSSR count). The molecule has 2 aliphatic heterocycles. The number of amides is 2. The standard InChI is InChI=1S/C19H23F3N2O3/c20-19(21,22)15-4-1-3-14(11-15)12-16-13-24(9-10-27-16)18(26)6-8-23-7-2-5-17(23)25/h1,3-4,11,16H,2,5-10,12-13H2. The molecule has 2 fully saturated rings. The summed E-state index contributed by atoms with van der Waals surface area (Å²) in [6.45, 7) is 2.30. The van der Waals surface area contributed by atoms with Gasteiger partial charge in [-0.15, -0.1) is 0 Å². The third kappa shape index (κ3) is 5.22. The van der Waals surface area contributed by atoms with E-state index < -0.39 is 11.7 Å². The van der Waals surface area contributed by atoms with Crippen LogP contribution in [0, 0.1) is 0 Å². The van der Waals surface area contributed by atoms with Crippen molar-refractivity contribution in [1.29, 1.82) is 0 Å². The maximum absolute atomic E-state index is 12.8. The van der Waals surface area contributed by atoms with Crippen LogP contribution in [0.2, 0.25) is 0 Å². The molecule has 0 bridgehead atoms. The average molecular weight is 384 g/mol. The zero-order valence-electron chi connectivity index (χ0n) is 15.0. The second kappa shape index (κ2) is 8.29. The first kappa shape index (κ1) is 19.7. The van der Waals surface area contributed by atoms with Gasteiger partial charge in [0.2, 0.25) is 11.8 Å². The number of ether oxygens (including phenoxy) is 1. The summed E-state index contributed by atoms with van der Waals surface area (Å²) in [7, 11) is 0. The molecular formula is C19H23F3N2O3. The SMILES string of the molecule is O=C1CCCN1CCC(=O)N1CCOC(Cc2cccc(C(F)(F)F)c2)C1. The summed E-state index contributed by atoms with van der Waals surface area (Å²) in [5.41, 5.74) is -0.147. The van der Waals surface area contributed by atoms with Crippen molar-refractivity contribution in [3.63, 3.8) is 0 Å². The molecule has 0 aromatic heterocycles. The Labute approximate surface area is 156 Å². The number of carbonyl (C=O) groups excluding carboxylic acids is 2. The van der Waals surface area contributed by atoms with E-state index in [0.29, 0.717) is 51.2 Å². The number of halogens is 3. The van der Waals surface area contributed by atoms with E-state index in [1.807, 2.05) is 0 Å². The monoisotopic (exact) mass is 384 g/mol. The number of rotatable bonds is 5. The van der Waals surface area contributed by atoms with Crippen molar-refractivity contribution in [2.75, 3.05) is 32.8 Å². The molecule has 5 nitrogen and oxygen atoms in total. The predicted octanol–water partition coefficient (Wildman–Crippen LogP) is 2.49. The summed E-state index contributed by atoms with van der Waals surface area (Å²) >= 11 is 0. The topological polar surface area (TPSA) is 49.9 Å². The van der Waals surface area contributed by atoms with Gasteiger partial charge in [-0.3, -0.25) is 9.59 Å². The molecular weight excluding hydrogens is 361 g/mol. The third-order valence-corrected chi connectivity index (χ3v) is 4.98. The highest BCUT2D eigenvalue weighted by molar-refractivity contribution is 5.80. The molecule has 0 spiro atoms. The minimum Gasteiger partial charge on any atom is -0.374 e. The summed E-state index contributed by atoms with van der Waals surface area (Å²) in [6, 6.07) is 5.19. The minimum absolute atomic E-state index is 0.0490. The lowest BCUT2D eigenvalue weighted by molar-refractivity contribution is -0.139. The Morgan fingerprint density at radius 3 is 2.78 bits per heavy atom. The van der Waals surface area contributed by atoms with Crippen LogP contribution in [-0.4, -0.2) is 60.5 Å². The second-order valence-corrected chi connectivity index (χ2v) is 6.97. The van der Waals surface area contributed by atoms with Gasteiger partial charge >= 0.3 is 6.18 Å². The van der Waals surface area contributed by atoms with Gasteiger partial charge in [0.1, 0.15) is 0 Å². The van der Waals surface area contributed by atoms with E-state index in [1.165, 1.54) is 6.07 Å². The molecule has 0 N–H and O–H groups in total. The smallest absolute Gasteiger partial charge is 0.374 e. The van der Waals surface area contributed by atoms with Crippen molar-refractivity contribution < 1.29 is 27.5 Å². The Morgan fingerprint density at radius 2 is 2.07 bits per heavy atom. The Balaban J connectivity index is 1.53. The fourth-order valence-electron chi connectivity index (χ4n) is 3.54. The second-order valence-electron chi connectivity index (χ2n) is 6.97. The molecule has 27 heavy (non-hydrogen) atoms. The first-order chi connectivity index (χ1) is 12.8. The molecule has 0 saturated carbocycles. The van der Waals surface area contributed by atoms with Gasteiger partial charge in [0.05, 0.1) is 18.3 Å². The summed E-state index contributed by atoms with van der Waals surface area (Å²) < 4.78 is 44.2. The number of alkyl halides is 3. The molecule has 8 heteroatoms. The largest absolute Gasteiger partial charge is 0.416 e. The van der Waals surface area contributed by atoms with Crippen molar-refractivity contribution in [3.8, 4) is 0 Å². The molecule has 148 valence electrons. The van der Waals surface area contributed by atoms with Gasteiger partial charge in [-0.25, -0.2) is 0 Å². The van der Waals surface area contributed by atoms with Crippen LogP contribution in [0.3, 0.4) is 0 Å². The molecule has 2 amide bonds. The zero-order chi connectivity index (χ0) is 19.4. The van der Waals surface area contributed by atoms with E-state index in [-0.39, 0.29) is 24.3 Å². The zero-order valence-corrected chi connectivity index (χ0v) is 15.0. The van der Waals surface area contributed by atoms with E-state index in [2.05, 4.69) is 0 Å². The lowest BCUT2D eigenvalue weighted by Crippen LogP contribution is -2.47. The molecule has 1 aromatic rings. The third-order valence-electron chi connectivity index (χ3n) is 4.98. The van der Waals surface area contributed by atoms with Gasteiger partial charge in [-0.2, -0.15) is 13.2 Å². The van der Waals surface area contributed by atoms with Crippen LogP contribution in [-0.2, 0) is 26.9 Å². The van der Waals surface area contributed by atoms with Crippen LogP contribution in [0.5, 0.6) is 0 Å². The molecule has 1 atom stereocenters. The highest BCUT2D eigenvalue weighted by Crippen LogP contribution is 2.30. The number of nitrogens with zero attached hydrogens (tertiary/aromatic N) is 2. The van der Waals surface area contributed by atoms with Crippen LogP contribution in [0.1, 0.15) is 30.4 Å². The number of hydrogen-bond donors (Lipinski definition) is 0. The van der Waals surface area contributed by atoms with Crippen molar-refractivity contribution in [1.82, 2.24) is 9.80 Å². The molecule has 2 heterocycles. The molecule has 1 unspecified atom stereocenters. The van der Waals surface area contributed by atoms with Crippen LogP contribution >= 0.6 is 0 Å². The van der Waals surface area contributed by atoms with Gasteiger partial charge in [-0.1, -0.05) is 18.2 Å². The van der Waals surface area contributed by atoms with Gasteiger partial charge in [0, 0.05) is 45.4 Å². The molecule has 2 aliphatic rings. The van der Waals surface area contributed by atoms with Crippen molar-refractivity contribution >= 4 is 11.8 Å². The van der Waals surface area contributed by atoms with E-state index in [4.69, 9.17) is 4.74 Å². The summed E-state index contributed by atoms with van der Waals surface area (Å²) in [5, 5.41) is 0. The average Bonchev–Trinajstić information content (AvgIpc) is 3.04. The predicted molar refractivity (Wildman–Crippen MR) is 91.9 cm³/mol. The minimum atomic E-state index is -4.38. The van der Waals surface area contributed by atoms with Crippen molar-refractivity contribution in [2.45, 2.75) is 38.0 Å². The lowest BCUT2D eigenvalue weighted by Gasteiger charge is -2.33. The van der Waals surface area contributed by atoms with E-state index in [0.717, 1.165) is 18.6 Å². The van der Waals surface area contributed by atoms with Crippen LogP contribution in [0.15, 0.2) is 24.3 Å². The van der Waals surface area contributed by atoms with Crippen molar-refractivity contribution in [3.05, 3.63) is 35.4 Å². The summed E-state index contributed by atoms with van der Waals surface area (Å²) in [5.74, 6) is 0.0410. The molecule has 0 aliphatic carbocycles. The molecule has 0 radical (unpaired) electrons. The Hall–Kier alpha value is -2.09. The molecule has 2 saturated heterocycles.